The number of carbonyl (C=O) groups excluding carboxylic acids is 1. The van der Waals surface area contributed by atoms with Crippen molar-refractivity contribution in [3.05, 3.63) is 35.3 Å². The van der Waals surface area contributed by atoms with Crippen molar-refractivity contribution in [2.45, 2.75) is 25.8 Å². The van der Waals surface area contributed by atoms with Crippen molar-refractivity contribution in [1.82, 2.24) is 9.88 Å². The van der Waals surface area contributed by atoms with Crippen molar-refractivity contribution >= 4 is 33.5 Å². The van der Waals surface area contributed by atoms with Gasteiger partial charge >= 0.3 is 0 Å². The van der Waals surface area contributed by atoms with E-state index in [1.165, 1.54) is 0 Å². The summed E-state index contributed by atoms with van der Waals surface area (Å²) in [6.45, 7) is 2.85. The third kappa shape index (κ3) is 3.05. The lowest BCUT2D eigenvalue weighted by Gasteiger charge is -2.38. The number of benzene rings is 1. The standard InChI is InChI=1S/C17H20N2O2S/c1-12-5-4-10-19(14(12)11-20)17(21)9-8-16-18-13-6-2-3-7-15(13)22-16/h2-3,6-9,12,14,20H,4-5,10-11H2,1H3/b9-8+. The van der Waals surface area contributed by atoms with Crippen LogP contribution in [0.3, 0.4) is 0 Å². The number of aliphatic hydroxyl groups is 1. The van der Waals surface area contributed by atoms with E-state index in [4.69, 9.17) is 0 Å². The van der Waals surface area contributed by atoms with E-state index in [1.807, 2.05) is 24.3 Å². The van der Waals surface area contributed by atoms with Crippen molar-refractivity contribution in [2.24, 2.45) is 5.92 Å². The fourth-order valence-electron chi connectivity index (χ4n) is 3.00. The maximum Gasteiger partial charge on any atom is 0.246 e. The second kappa shape index (κ2) is 6.58. The highest BCUT2D eigenvalue weighted by Crippen LogP contribution is 2.25. The molecule has 2 heterocycles. The van der Waals surface area contributed by atoms with Crippen LogP contribution in [0.5, 0.6) is 0 Å². The summed E-state index contributed by atoms with van der Waals surface area (Å²) in [5.74, 6) is 0.309. The van der Waals surface area contributed by atoms with Crippen LogP contribution in [0.2, 0.25) is 0 Å². The van der Waals surface area contributed by atoms with Crippen molar-refractivity contribution < 1.29 is 9.90 Å². The average molecular weight is 316 g/mol. The van der Waals surface area contributed by atoms with Crippen molar-refractivity contribution in [1.29, 1.82) is 0 Å². The summed E-state index contributed by atoms with van der Waals surface area (Å²) in [6.07, 6.45) is 5.42. The Morgan fingerprint density at radius 3 is 3.09 bits per heavy atom. The quantitative estimate of drug-likeness (QED) is 0.886. The average Bonchev–Trinajstić information content (AvgIpc) is 2.95. The van der Waals surface area contributed by atoms with E-state index in [1.54, 1.807) is 28.4 Å². The number of likely N-dealkylation sites (tertiary alicyclic amines) is 1. The molecule has 0 spiro atoms. The third-order valence-corrected chi connectivity index (χ3v) is 5.27. The van der Waals surface area contributed by atoms with Gasteiger partial charge in [-0.2, -0.15) is 0 Å². The normalized spacial score (nSPS) is 22.5. The molecular weight excluding hydrogens is 296 g/mol. The first kappa shape index (κ1) is 15.2. The molecule has 2 aromatic rings. The molecule has 4 nitrogen and oxygen atoms in total. The van der Waals surface area contributed by atoms with Gasteiger partial charge in [-0.3, -0.25) is 4.79 Å². The van der Waals surface area contributed by atoms with Gasteiger partial charge in [-0.15, -0.1) is 11.3 Å². The van der Waals surface area contributed by atoms with Crippen molar-refractivity contribution in [3.63, 3.8) is 0 Å². The number of hydrogen-bond donors (Lipinski definition) is 1. The van der Waals surface area contributed by atoms with Gasteiger partial charge in [-0.1, -0.05) is 19.1 Å². The lowest BCUT2D eigenvalue weighted by molar-refractivity contribution is -0.132. The third-order valence-electron chi connectivity index (χ3n) is 4.26. The fraction of sp³-hybridized carbons (Fsp3) is 0.412. The molecule has 1 aliphatic heterocycles. The summed E-state index contributed by atoms with van der Waals surface area (Å²) in [4.78, 5) is 18.7. The minimum Gasteiger partial charge on any atom is -0.394 e. The molecule has 2 unspecified atom stereocenters. The molecule has 1 saturated heterocycles. The topological polar surface area (TPSA) is 53.4 Å². The molecule has 2 atom stereocenters. The van der Waals surface area contributed by atoms with Gasteiger partial charge in [0.25, 0.3) is 0 Å². The van der Waals surface area contributed by atoms with Crippen LogP contribution in [0.1, 0.15) is 24.8 Å². The molecule has 1 amide bonds. The maximum absolute atomic E-state index is 12.4. The highest BCUT2D eigenvalue weighted by atomic mass is 32.1. The Morgan fingerprint density at radius 1 is 1.50 bits per heavy atom. The van der Waals surface area contributed by atoms with Gasteiger partial charge < -0.3 is 10.0 Å². The number of thiazole rings is 1. The Balaban J connectivity index is 1.75. The summed E-state index contributed by atoms with van der Waals surface area (Å²) in [6, 6.07) is 7.88. The second-order valence-electron chi connectivity index (χ2n) is 5.75. The SMILES string of the molecule is CC1CCCN(C(=O)/C=C/c2nc3ccccc3s2)C1CO. The number of para-hydroxylation sites is 1. The van der Waals surface area contributed by atoms with E-state index in [0.717, 1.165) is 34.6 Å². The van der Waals surface area contributed by atoms with Crippen molar-refractivity contribution in [2.75, 3.05) is 13.2 Å². The molecule has 1 aromatic carbocycles. The van der Waals surface area contributed by atoms with Gasteiger partial charge in [-0.05, 0) is 37.0 Å². The zero-order valence-corrected chi connectivity index (χ0v) is 13.4. The Kier molecular flexibility index (Phi) is 4.55. The minimum absolute atomic E-state index is 0.0296. The monoisotopic (exact) mass is 316 g/mol. The summed E-state index contributed by atoms with van der Waals surface area (Å²) in [5.41, 5.74) is 0.958. The Labute approximate surface area is 134 Å². The summed E-state index contributed by atoms with van der Waals surface area (Å²) >= 11 is 1.57. The zero-order chi connectivity index (χ0) is 15.5. The number of carbonyl (C=O) groups is 1. The number of fused-ring (bicyclic) bond motifs is 1. The Hall–Kier alpha value is -1.72. The molecule has 0 aliphatic carbocycles. The minimum atomic E-state index is -0.0683. The van der Waals surface area contributed by atoms with E-state index >= 15 is 0 Å². The van der Waals surface area contributed by atoms with E-state index in [-0.39, 0.29) is 18.6 Å². The highest BCUT2D eigenvalue weighted by molar-refractivity contribution is 7.19. The predicted octanol–water partition coefficient (Wildman–Crippen LogP) is 2.93. The number of nitrogens with zero attached hydrogens (tertiary/aromatic N) is 2. The molecule has 1 fully saturated rings. The molecule has 1 aliphatic rings. The number of aliphatic hydroxyl groups excluding tert-OH is 1. The van der Waals surface area contributed by atoms with Crippen LogP contribution in [0.15, 0.2) is 30.3 Å². The zero-order valence-electron chi connectivity index (χ0n) is 12.6. The number of piperidine rings is 1. The first-order valence-electron chi connectivity index (χ1n) is 7.64. The molecular formula is C17H20N2O2S. The molecule has 1 N–H and O–H groups in total. The van der Waals surface area contributed by atoms with Crippen LogP contribution in [-0.4, -0.2) is 40.1 Å². The first-order chi connectivity index (χ1) is 10.7. The smallest absolute Gasteiger partial charge is 0.246 e. The van der Waals surface area contributed by atoms with Gasteiger partial charge in [0.1, 0.15) is 5.01 Å². The highest BCUT2D eigenvalue weighted by Gasteiger charge is 2.30. The molecule has 1 aromatic heterocycles. The van der Waals surface area contributed by atoms with Gasteiger partial charge in [0.05, 0.1) is 22.9 Å². The van der Waals surface area contributed by atoms with Crippen LogP contribution < -0.4 is 0 Å². The second-order valence-corrected chi connectivity index (χ2v) is 6.82. The number of amides is 1. The van der Waals surface area contributed by atoms with E-state index < -0.39 is 0 Å². The lowest BCUT2D eigenvalue weighted by Crippen LogP contribution is -2.49. The molecule has 0 saturated carbocycles. The van der Waals surface area contributed by atoms with Crippen LogP contribution >= 0.6 is 11.3 Å². The van der Waals surface area contributed by atoms with E-state index in [9.17, 15) is 9.90 Å². The Bertz CT molecular complexity index is 662. The maximum atomic E-state index is 12.4. The summed E-state index contributed by atoms with van der Waals surface area (Å²) < 4.78 is 1.12. The Morgan fingerprint density at radius 2 is 2.32 bits per heavy atom. The predicted molar refractivity (Wildman–Crippen MR) is 89.6 cm³/mol. The first-order valence-corrected chi connectivity index (χ1v) is 8.46. The van der Waals surface area contributed by atoms with E-state index in [0.29, 0.717) is 5.92 Å². The molecule has 0 bridgehead atoms. The number of aromatic nitrogens is 1. The van der Waals surface area contributed by atoms with Crippen LogP contribution in [0.25, 0.3) is 16.3 Å². The van der Waals surface area contributed by atoms with Crippen molar-refractivity contribution in [3.8, 4) is 0 Å². The lowest BCUT2D eigenvalue weighted by atomic mass is 9.91. The molecule has 3 rings (SSSR count). The van der Waals surface area contributed by atoms with Gasteiger partial charge in [0, 0.05) is 12.6 Å². The largest absolute Gasteiger partial charge is 0.394 e. The number of rotatable bonds is 3. The fourth-order valence-corrected chi connectivity index (χ4v) is 3.87. The van der Waals surface area contributed by atoms with Gasteiger partial charge in [-0.25, -0.2) is 4.98 Å². The van der Waals surface area contributed by atoms with Gasteiger partial charge in [0.2, 0.25) is 5.91 Å². The van der Waals surface area contributed by atoms with Crippen LogP contribution in [0, 0.1) is 5.92 Å². The summed E-state index contributed by atoms with van der Waals surface area (Å²) in [5, 5.41) is 10.4. The summed E-state index contributed by atoms with van der Waals surface area (Å²) in [7, 11) is 0. The van der Waals surface area contributed by atoms with E-state index in [2.05, 4.69) is 11.9 Å². The molecule has 22 heavy (non-hydrogen) atoms. The molecule has 0 radical (unpaired) electrons. The van der Waals surface area contributed by atoms with Gasteiger partial charge in [0.15, 0.2) is 0 Å². The molecule has 116 valence electrons. The van der Waals surface area contributed by atoms with Crippen LogP contribution in [0.4, 0.5) is 0 Å². The number of hydrogen-bond acceptors (Lipinski definition) is 4. The van der Waals surface area contributed by atoms with Crippen LogP contribution in [-0.2, 0) is 4.79 Å². The molecule has 5 heteroatoms.